The van der Waals surface area contributed by atoms with E-state index in [1.165, 1.54) is 6.07 Å². The highest BCUT2D eigenvalue weighted by molar-refractivity contribution is 5.76. The number of benzene rings is 1. The molecule has 0 radical (unpaired) electrons. The summed E-state index contributed by atoms with van der Waals surface area (Å²) < 4.78 is 13.1. The lowest BCUT2D eigenvalue weighted by molar-refractivity contribution is -0.139. The van der Waals surface area contributed by atoms with E-state index in [1.54, 1.807) is 19.1 Å². The summed E-state index contributed by atoms with van der Waals surface area (Å²) >= 11 is 0. The summed E-state index contributed by atoms with van der Waals surface area (Å²) in [5.41, 5.74) is 1.19. The van der Waals surface area contributed by atoms with Crippen molar-refractivity contribution in [2.75, 3.05) is 0 Å². The van der Waals surface area contributed by atoms with E-state index in [0.717, 1.165) is 12.8 Å². The fraction of sp³-hybridized carbons (Fsp3) is 0.462. The smallest absolute Gasteiger partial charge is 0.310 e. The second-order valence-corrected chi connectivity index (χ2v) is 4.04. The Labute approximate surface area is 95.1 Å². The van der Waals surface area contributed by atoms with Crippen molar-refractivity contribution in [3.8, 4) is 0 Å². The molecule has 0 fully saturated rings. The van der Waals surface area contributed by atoms with E-state index in [-0.39, 0.29) is 5.82 Å². The molecule has 1 N–H and O–H groups in total. The fourth-order valence-corrected chi connectivity index (χ4v) is 1.73. The molecule has 88 valence electrons. The highest BCUT2D eigenvalue weighted by Crippen LogP contribution is 2.24. The molecule has 0 aliphatic heterocycles. The normalized spacial score (nSPS) is 12.4. The Hall–Kier alpha value is -1.38. The molecule has 0 spiro atoms. The van der Waals surface area contributed by atoms with Gasteiger partial charge in [-0.3, -0.25) is 4.79 Å². The molecule has 1 unspecified atom stereocenters. The minimum absolute atomic E-state index is 0.289. The zero-order valence-corrected chi connectivity index (χ0v) is 9.66. The SMILES string of the molecule is CCCCC(C(=O)O)c1ccc(F)c(C)c1. The molecule has 1 aromatic carbocycles. The predicted octanol–water partition coefficient (Wildman–Crippen LogP) is 3.49. The first-order valence-corrected chi connectivity index (χ1v) is 5.55. The van der Waals surface area contributed by atoms with Crippen LogP contribution in [0.25, 0.3) is 0 Å². The largest absolute Gasteiger partial charge is 0.481 e. The van der Waals surface area contributed by atoms with Gasteiger partial charge in [0.05, 0.1) is 5.92 Å². The average molecular weight is 224 g/mol. The van der Waals surface area contributed by atoms with Crippen molar-refractivity contribution in [1.82, 2.24) is 0 Å². The molecule has 0 aliphatic carbocycles. The van der Waals surface area contributed by atoms with Gasteiger partial charge in [-0.25, -0.2) is 4.39 Å². The summed E-state index contributed by atoms with van der Waals surface area (Å²) in [6.45, 7) is 3.67. The number of carbonyl (C=O) groups is 1. The molecule has 2 nitrogen and oxygen atoms in total. The van der Waals surface area contributed by atoms with E-state index >= 15 is 0 Å². The van der Waals surface area contributed by atoms with Crippen molar-refractivity contribution in [2.45, 2.75) is 39.0 Å². The van der Waals surface area contributed by atoms with Crippen LogP contribution in [-0.2, 0) is 4.79 Å². The van der Waals surface area contributed by atoms with E-state index in [0.29, 0.717) is 17.5 Å². The zero-order valence-electron chi connectivity index (χ0n) is 9.66. The van der Waals surface area contributed by atoms with Gasteiger partial charge >= 0.3 is 5.97 Å². The van der Waals surface area contributed by atoms with Crippen LogP contribution in [0.4, 0.5) is 4.39 Å². The highest BCUT2D eigenvalue weighted by atomic mass is 19.1. The summed E-state index contributed by atoms with van der Waals surface area (Å²) in [6.07, 6.45) is 2.44. The van der Waals surface area contributed by atoms with Gasteiger partial charge in [0.15, 0.2) is 0 Å². The van der Waals surface area contributed by atoms with Crippen LogP contribution in [0.15, 0.2) is 18.2 Å². The molecule has 0 aliphatic rings. The maximum Gasteiger partial charge on any atom is 0.310 e. The van der Waals surface area contributed by atoms with Crippen LogP contribution < -0.4 is 0 Å². The van der Waals surface area contributed by atoms with Crippen molar-refractivity contribution in [3.05, 3.63) is 35.1 Å². The monoisotopic (exact) mass is 224 g/mol. The molecule has 0 amide bonds. The van der Waals surface area contributed by atoms with E-state index in [1.807, 2.05) is 6.92 Å². The predicted molar refractivity (Wildman–Crippen MR) is 61.0 cm³/mol. The van der Waals surface area contributed by atoms with E-state index in [4.69, 9.17) is 5.11 Å². The van der Waals surface area contributed by atoms with E-state index in [2.05, 4.69) is 0 Å². The minimum Gasteiger partial charge on any atom is -0.481 e. The van der Waals surface area contributed by atoms with Crippen molar-refractivity contribution in [3.63, 3.8) is 0 Å². The maximum absolute atomic E-state index is 13.1. The second-order valence-electron chi connectivity index (χ2n) is 4.04. The third-order valence-corrected chi connectivity index (χ3v) is 2.73. The van der Waals surface area contributed by atoms with E-state index in [9.17, 15) is 9.18 Å². The van der Waals surface area contributed by atoms with Crippen molar-refractivity contribution >= 4 is 5.97 Å². The molecule has 0 heterocycles. The first-order valence-electron chi connectivity index (χ1n) is 5.55. The van der Waals surface area contributed by atoms with Gasteiger partial charge in [-0.1, -0.05) is 31.9 Å². The van der Waals surface area contributed by atoms with Crippen LogP contribution in [-0.4, -0.2) is 11.1 Å². The van der Waals surface area contributed by atoms with Gasteiger partial charge in [0.1, 0.15) is 5.82 Å². The van der Waals surface area contributed by atoms with Crippen LogP contribution in [0.3, 0.4) is 0 Å². The lowest BCUT2D eigenvalue weighted by Gasteiger charge is -2.13. The molecule has 0 aromatic heterocycles. The second kappa shape index (κ2) is 5.64. The Bertz CT molecular complexity index is 374. The fourth-order valence-electron chi connectivity index (χ4n) is 1.73. The Kier molecular flexibility index (Phi) is 4.47. The number of hydrogen-bond donors (Lipinski definition) is 1. The molecule has 1 atom stereocenters. The van der Waals surface area contributed by atoms with E-state index < -0.39 is 11.9 Å². The van der Waals surface area contributed by atoms with Gasteiger partial charge in [0.2, 0.25) is 0 Å². The summed E-state index contributed by atoms with van der Waals surface area (Å²) in [5.74, 6) is -1.64. The maximum atomic E-state index is 13.1. The third-order valence-electron chi connectivity index (χ3n) is 2.73. The third kappa shape index (κ3) is 3.05. The number of aryl methyl sites for hydroxylation is 1. The topological polar surface area (TPSA) is 37.3 Å². The van der Waals surface area contributed by atoms with Gasteiger partial charge in [0.25, 0.3) is 0 Å². The van der Waals surface area contributed by atoms with Crippen molar-refractivity contribution < 1.29 is 14.3 Å². The molecule has 16 heavy (non-hydrogen) atoms. The average Bonchev–Trinajstić information content (AvgIpc) is 2.23. The lowest BCUT2D eigenvalue weighted by Crippen LogP contribution is -2.12. The molecular formula is C13H17FO2. The van der Waals surface area contributed by atoms with Gasteiger partial charge in [0, 0.05) is 0 Å². The Morgan fingerprint density at radius 2 is 2.19 bits per heavy atom. The van der Waals surface area contributed by atoms with Gasteiger partial charge in [-0.15, -0.1) is 0 Å². The summed E-state index contributed by atoms with van der Waals surface area (Å²) in [7, 11) is 0. The van der Waals surface area contributed by atoms with Crippen LogP contribution >= 0.6 is 0 Å². The summed E-state index contributed by atoms with van der Waals surface area (Å²) in [4.78, 5) is 11.1. The van der Waals surface area contributed by atoms with Crippen molar-refractivity contribution in [2.24, 2.45) is 0 Å². The van der Waals surface area contributed by atoms with Crippen LogP contribution in [0.5, 0.6) is 0 Å². The van der Waals surface area contributed by atoms with Crippen molar-refractivity contribution in [1.29, 1.82) is 0 Å². The molecular weight excluding hydrogens is 207 g/mol. The van der Waals surface area contributed by atoms with Gasteiger partial charge < -0.3 is 5.11 Å². The number of carboxylic acids is 1. The van der Waals surface area contributed by atoms with Crippen LogP contribution in [0, 0.1) is 12.7 Å². The van der Waals surface area contributed by atoms with Crippen LogP contribution in [0.2, 0.25) is 0 Å². The first kappa shape index (κ1) is 12.7. The molecule has 0 saturated heterocycles. The standard InChI is InChI=1S/C13H17FO2/c1-3-4-5-11(13(15)16)10-6-7-12(14)9(2)8-10/h6-8,11H,3-5H2,1-2H3,(H,15,16). The molecule has 1 rings (SSSR count). The number of halogens is 1. The number of carboxylic acid groups (broad SMARTS) is 1. The molecule has 3 heteroatoms. The Balaban J connectivity index is 2.92. The number of hydrogen-bond acceptors (Lipinski definition) is 1. The van der Waals surface area contributed by atoms with Crippen LogP contribution in [0.1, 0.15) is 43.2 Å². The highest BCUT2D eigenvalue weighted by Gasteiger charge is 2.19. The lowest BCUT2D eigenvalue weighted by atomic mass is 9.92. The molecule has 0 saturated carbocycles. The summed E-state index contributed by atoms with van der Waals surface area (Å²) in [5, 5.41) is 9.12. The number of unbranched alkanes of at least 4 members (excludes halogenated alkanes) is 1. The number of aliphatic carboxylic acids is 1. The Morgan fingerprint density at radius 3 is 2.69 bits per heavy atom. The molecule has 0 bridgehead atoms. The van der Waals surface area contributed by atoms with Gasteiger partial charge in [-0.2, -0.15) is 0 Å². The minimum atomic E-state index is -0.834. The zero-order chi connectivity index (χ0) is 12.1. The van der Waals surface area contributed by atoms with Gasteiger partial charge in [-0.05, 0) is 30.5 Å². The number of rotatable bonds is 5. The summed E-state index contributed by atoms with van der Waals surface area (Å²) in [6, 6.07) is 4.53. The Morgan fingerprint density at radius 1 is 1.50 bits per heavy atom. The molecule has 1 aromatic rings. The first-order chi connectivity index (χ1) is 7.56. The quantitative estimate of drug-likeness (QED) is 0.831.